The third-order valence-electron chi connectivity index (χ3n) is 3.35. The van der Waals surface area contributed by atoms with Crippen LogP contribution in [0.25, 0.3) is 0 Å². The lowest BCUT2D eigenvalue weighted by atomic mass is 9.91. The van der Waals surface area contributed by atoms with Crippen molar-refractivity contribution < 1.29 is 5.11 Å². The minimum atomic E-state index is -0.214. The lowest BCUT2D eigenvalue weighted by Gasteiger charge is -2.18. The van der Waals surface area contributed by atoms with Gasteiger partial charge in [0.1, 0.15) is 0 Å². The Bertz CT molecular complexity index is 404. The Hall–Kier alpha value is -1.08. The molecular formula is C15H20O. The third-order valence-corrected chi connectivity index (χ3v) is 3.35. The number of rotatable bonds is 2. The van der Waals surface area contributed by atoms with Crippen LogP contribution >= 0.6 is 0 Å². The summed E-state index contributed by atoms with van der Waals surface area (Å²) in [6.07, 6.45) is 6.03. The Kier molecular flexibility index (Phi) is 3.45. The molecule has 0 bridgehead atoms. The van der Waals surface area contributed by atoms with Crippen molar-refractivity contribution in [2.75, 3.05) is 0 Å². The third kappa shape index (κ3) is 2.73. The van der Waals surface area contributed by atoms with Gasteiger partial charge in [-0.1, -0.05) is 35.4 Å². The standard InChI is InChI=1S/C15H20O/c1-11-6-7-12(2)14(8-11)9-13-4-3-5-15(16)10-13/h6-8,10,15-16H,3-5,9H2,1-2H3. The number of aryl methyl sites for hydroxylation is 2. The van der Waals surface area contributed by atoms with Crippen molar-refractivity contribution in [2.45, 2.75) is 45.6 Å². The molecule has 1 unspecified atom stereocenters. The summed E-state index contributed by atoms with van der Waals surface area (Å²) in [6.45, 7) is 4.29. The van der Waals surface area contributed by atoms with Crippen molar-refractivity contribution >= 4 is 0 Å². The van der Waals surface area contributed by atoms with Crippen LogP contribution in [0, 0.1) is 13.8 Å². The Morgan fingerprint density at radius 2 is 2.12 bits per heavy atom. The molecule has 0 saturated carbocycles. The molecule has 1 atom stereocenters. The average molecular weight is 216 g/mol. The molecule has 1 aromatic rings. The largest absolute Gasteiger partial charge is 0.389 e. The van der Waals surface area contributed by atoms with Crippen LogP contribution in [0.4, 0.5) is 0 Å². The molecule has 2 rings (SSSR count). The predicted octanol–water partition coefficient (Wildman–Crippen LogP) is 3.32. The molecule has 1 aromatic carbocycles. The Labute approximate surface area is 97.8 Å². The van der Waals surface area contributed by atoms with Gasteiger partial charge in [0.25, 0.3) is 0 Å². The molecule has 0 saturated heterocycles. The monoisotopic (exact) mass is 216 g/mol. The molecule has 1 nitrogen and oxygen atoms in total. The van der Waals surface area contributed by atoms with E-state index < -0.39 is 0 Å². The second-order valence-electron chi connectivity index (χ2n) is 4.89. The Morgan fingerprint density at radius 1 is 1.31 bits per heavy atom. The van der Waals surface area contributed by atoms with Crippen LogP contribution in [0.2, 0.25) is 0 Å². The van der Waals surface area contributed by atoms with E-state index in [0.717, 1.165) is 25.7 Å². The van der Waals surface area contributed by atoms with E-state index in [9.17, 15) is 5.11 Å². The zero-order chi connectivity index (χ0) is 11.5. The van der Waals surface area contributed by atoms with Crippen LogP contribution in [-0.2, 0) is 6.42 Å². The lowest BCUT2D eigenvalue weighted by molar-refractivity contribution is 0.202. The molecule has 86 valence electrons. The van der Waals surface area contributed by atoms with Crippen LogP contribution in [0.5, 0.6) is 0 Å². The first kappa shape index (κ1) is 11.4. The second kappa shape index (κ2) is 4.84. The molecule has 0 aliphatic heterocycles. The summed E-state index contributed by atoms with van der Waals surface area (Å²) < 4.78 is 0. The van der Waals surface area contributed by atoms with Gasteiger partial charge < -0.3 is 5.11 Å². The van der Waals surface area contributed by atoms with Gasteiger partial charge in [-0.15, -0.1) is 0 Å². The molecule has 0 aromatic heterocycles. The summed E-state index contributed by atoms with van der Waals surface area (Å²) >= 11 is 0. The molecular weight excluding hydrogens is 196 g/mol. The maximum absolute atomic E-state index is 9.61. The molecule has 1 aliphatic rings. The SMILES string of the molecule is Cc1ccc(C)c(CC2=CC(O)CCC2)c1. The maximum atomic E-state index is 9.61. The van der Waals surface area contributed by atoms with Crippen LogP contribution in [0.3, 0.4) is 0 Å². The topological polar surface area (TPSA) is 20.2 Å². The summed E-state index contributed by atoms with van der Waals surface area (Å²) in [5, 5.41) is 9.61. The minimum Gasteiger partial charge on any atom is -0.389 e. The molecule has 0 fully saturated rings. The van der Waals surface area contributed by atoms with Gasteiger partial charge in [-0.2, -0.15) is 0 Å². The quantitative estimate of drug-likeness (QED) is 0.752. The summed E-state index contributed by atoms with van der Waals surface area (Å²) in [7, 11) is 0. The summed E-state index contributed by atoms with van der Waals surface area (Å²) in [5.74, 6) is 0. The zero-order valence-corrected chi connectivity index (χ0v) is 10.2. The van der Waals surface area contributed by atoms with Crippen LogP contribution in [0.15, 0.2) is 29.8 Å². The van der Waals surface area contributed by atoms with E-state index in [2.05, 4.69) is 32.0 Å². The Morgan fingerprint density at radius 3 is 2.88 bits per heavy atom. The molecule has 1 heteroatoms. The van der Waals surface area contributed by atoms with Crippen LogP contribution in [0.1, 0.15) is 36.0 Å². The van der Waals surface area contributed by atoms with Crippen molar-refractivity contribution in [3.05, 3.63) is 46.5 Å². The van der Waals surface area contributed by atoms with Gasteiger partial charge in [0.15, 0.2) is 0 Å². The highest BCUT2D eigenvalue weighted by atomic mass is 16.3. The van der Waals surface area contributed by atoms with Crippen molar-refractivity contribution in [1.82, 2.24) is 0 Å². The molecule has 0 spiro atoms. The van der Waals surface area contributed by atoms with E-state index in [0.29, 0.717) is 0 Å². The highest BCUT2D eigenvalue weighted by Crippen LogP contribution is 2.23. The van der Waals surface area contributed by atoms with Gasteiger partial charge in [0.05, 0.1) is 6.10 Å². The first-order valence-corrected chi connectivity index (χ1v) is 6.09. The van der Waals surface area contributed by atoms with Crippen LogP contribution in [-0.4, -0.2) is 11.2 Å². The fraction of sp³-hybridized carbons (Fsp3) is 0.467. The molecule has 16 heavy (non-hydrogen) atoms. The summed E-state index contributed by atoms with van der Waals surface area (Å²) in [6, 6.07) is 6.60. The van der Waals surface area contributed by atoms with Gasteiger partial charge in [-0.3, -0.25) is 0 Å². The first-order valence-electron chi connectivity index (χ1n) is 6.09. The normalized spacial score (nSPS) is 20.7. The molecule has 1 N–H and O–H groups in total. The van der Waals surface area contributed by atoms with E-state index in [-0.39, 0.29) is 6.10 Å². The van der Waals surface area contributed by atoms with E-state index >= 15 is 0 Å². The number of hydrogen-bond acceptors (Lipinski definition) is 1. The summed E-state index contributed by atoms with van der Waals surface area (Å²) in [4.78, 5) is 0. The lowest BCUT2D eigenvalue weighted by Crippen LogP contribution is -2.10. The minimum absolute atomic E-state index is 0.214. The molecule has 0 radical (unpaired) electrons. The van der Waals surface area contributed by atoms with Crippen molar-refractivity contribution in [2.24, 2.45) is 0 Å². The van der Waals surface area contributed by atoms with Crippen molar-refractivity contribution in [3.8, 4) is 0 Å². The van der Waals surface area contributed by atoms with Crippen molar-refractivity contribution in [1.29, 1.82) is 0 Å². The van der Waals surface area contributed by atoms with Gasteiger partial charge in [-0.05, 0) is 50.7 Å². The molecule has 1 aliphatic carbocycles. The molecule has 0 heterocycles. The first-order chi connectivity index (χ1) is 7.65. The number of hydrogen-bond donors (Lipinski definition) is 1. The highest BCUT2D eigenvalue weighted by Gasteiger charge is 2.11. The van der Waals surface area contributed by atoms with Crippen molar-refractivity contribution in [3.63, 3.8) is 0 Å². The van der Waals surface area contributed by atoms with Gasteiger partial charge in [0, 0.05) is 0 Å². The number of aliphatic hydroxyl groups excluding tert-OH is 1. The van der Waals surface area contributed by atoms with E-state index in [1.165, 1.54) is 22.3 Å². The fourth-order valence-corrected chi connectivity index (χ4v) is 2.36. The highest BCUT2D eigenvalue weighted by molar-refractivity contribution is 5.34. The number of aliphatic hydroxyl groups is 1. The average Bonchev–Trinajstić information content (AvgIpc) is 2.24. The van der Waals surface area contributed by atoms with Gasteiger partial charge in [-0.25, -0.2) is 0 Å². The second-order valence-corrected chi connectivity index (χ2v) is 4.89. The van der Waals surface area contributed by atoms with E-state index in [1.807, 2.05) is 6.08 Å². The van der Waals surface area contributed by atoms with E-state index in [1.54, 1.807) is 0 Å². The smallest absolute Gasteiger partial charge is 0.0723 e. The van der Waals surface area contributed by atoms with E-state index in [4.69, 9.17) is 0 Å². The van der Waals surface area contributed by atoms with Crippen LogP contribution < -0.4 is 0 Å². The zero-order valence-electron chi connectivity index (χ0n) is 10.2. The summed E-state index contributed by atoms with van der Waals surface area (Å²) in [5.41, 5.74) is 5.47. The van der Waals surface area contributed by atoms with Gasteiger partial charge >= 0.3 is 0 Å². The maximum Gasteiger partial charge on any atom is 0.0723 e. The molecule has 0 amide bonds. The number of benzene rings is 1. The number of allylic oxidation sites excluding steroid dienone is 1. The Balaban J connectivity index is 2.17. The van der Waals surface area contributed by atoms with Gasteiger partial charge in [0.2, 0.25) is 0 Å². The fourth-order valence-electron chi connectivity index (χ4n) is 2.36. The predicted molar refractivity (Wildman–Crippen MR) is 67.6 cm³/mol.